The number of pyridine rings is 1. The molecule has 0 radical (unpaired) electrons. The van der Waals surface area contributed by atoms with Crippen LogP contribution in [0.2, 0.25) is 13.1 Å². The van der Waals surface area contributed by atoms with Crippen molar-refractivity contribution in [3.05, 3.63) is 66.5 Å². The van der Waals surface area contributed by atoms with E-state index >= 15 is 0 Å². The summed E-state index contributed by atoms with van der Waals surface area (Å²) in [6.07, 6.45) is 6.44. The number of halogens is 1. The first-order valence-electron chi connectivity index (χ1n) is 6.86. The lowest BCUT2D eigenvalue weighted by Gasteiger charge is -2.42. The molecule has 3 heteroatoms. The average Bonchev–Trinajstić information content (AvgIpc) is 2.46. The number of benzene rings is 1. The smallest absolute Gasteiger partial charge is 0.113 e. The number of rotatable bonds is 2. The SMILES string of the molecule is C=CCC1(Cl)c2ccccc2[Si](C)(C)c2ccncc21. The molecule has 0 bridgehead atoms. The summed E-state index contributed by atoms with van der Waals surface area (Å²) in [5.41, 5.74) is 2.40. The molecular formula is C17H18ClNSi. The van der Waals surface area contributed by atoms with E-state index in [1.807, 2.05) is 18.5 Å². The van der Waals surface area contributed by atoms with Gasteiger partial charge in [-0.1, -0.05) is 43.4 Å². The molecule has 0 amide bonds. The molecular weight excluding hydrogens is 282 g/mol. The van der Waals surface area contributed by atoms with Gasteiger partial charge in [-0.3, -0.25) is 4.98 Å². The van der Waals surface area contributed by atoms with Crippen LogP contribution in [0.4, 0.5) is 0 Å². The first kappa shape index (κ1) is 13.6. The Labute approximate surface area is 126 Å². The van der Waals surface area contributed by atoms with E-state index in [4.69, 9.17) is 11.6 Å². The van der Waals surface area contributed by atoms with Crippen molar-refractivity contribution in [2.75, 3.05) is 0 Å². The molecule has 0 saturated carbocycles. The molecule has 0 saturated heterocycles. The molecule has 0 aliphatic carbocycles. The molecule has 1 aliphatic heterocycles. The lowest BCUT2D eigenvalue weighted by atomic mass is 9.87. The van der Waals surface area contributed by atoms with Gasteiger partial charge in [0.25, 0.3) is 0 Å². The maximum Gasteiger partial charge on any atom is 0.113 e. The Kier molecular flexibility index (Phi) is 3.11. The highest BCUT2D eigenvalue weighted by Gasteiger charge is 2.45. The van der Waals surface area contributed by atoms with Gasteiger partial charge in [-0.05, 0) is 34.0 Å². The van der Waals surface area contributed by atoms with Crippen LogP contribution in [0.25, 0.3) is 0 Å². The van der Waals surface area contributed by atoms with Crippen LogP contribution >= 0.6 is 11.6 Å². The van der Waals surface area contributed by atoms with E-state index in [1.54, 1.807) is 0 Å². The Morgan fingerprint density at radius 1 is 1.20 bits per heavy atom. The molecule has 1 aromatic heterocycles. The number of fused-ring (bicyclic) bond motifs is 2. The van der Waals surface area contributed by atoms with E-state index in [9.17, 15) is 0 Å². The highest BCUT2D eigenvalue weighted by Crippen LogP contribution is 2.42. The number of hydrogen-bond donors (Lipinski definition) is 0. The maximum atomic E-state index is 7.07. The van der Waals surface area contributed by atoms with Crippen molar-refractivity contribution in [3.63, 3.8) is 0 Å². The summed E-state index contributed by atoms with van der Waals surface area (Å²) in [7, 11) is -1.71. The molecule has 1 unspecified atom stereocenters. The monoisotopic (exact) mass is 299 g/mol. The Balaban J connectivity index is 2.39. The molecule has 2 aromatic rings. The fourth-order valence-corrected chi connectivity index (χ4v) is 7.14. The lowest BCUT2D eigenvalue weighted by Crippen LogP contribution is -2.61. The van der Waals surface area contributed by atoms with Gasteiger partial charge in [0.2, 0.25) is 0 Å². The molecule has 1 aliphatic rings. The normalized spacial score (nSPS) is 22.8. The van der Waals surface area contributed by atoms with Crippen LogP contribution in [-0.4, -0.2) is 13.1 Å². The third kappa shape index (κ3) is 1.71. The number of aromatic nitrogens is 1. The summed E-state index contributed by atoms with van der Waals surface area (Å²) in [6.45, 7) is 8.66. The third-order valence-electron chi connectivity index (χ3n) is 4.37. The number of hydrogen-bond acceptors (Lipinski definition) is 1. The first-order chi connectivity index (χ1) is 9.52. The molecule has 102 valence electrons. The summed E-state index contributed by atoms with van der Waals surface area (Å²) in [6, 6.07) is 10.7. The fraction of sp³-hybridized carbons (Fsp3) is 0.235. The van der Waals surface area contributed by atoms with Gasteiger partial charge in [-0.25, -0.2) is 0 Å². The summed E-state index contributed by atoms with van der Waals surface area (Å²) in [4.78, 5) is 3.79. The summed E-state index contributed by atoms with van der Waals surface area (Å²) < 4.78 is 0. The van der Waals surface area contributed by atoms with Gasteiger partial charge in [0.1, 0.15) is 8.07 Å². The van der Waals surface area contributed by atoms with Crippen molar-refractivity contribution >= 4 is 30.0 Å². The van der Waals surface area contributed by atoms with Gasteiger partial charge >= 0.3 is 0 Å². The van der Waals surface area contributed by atoms with Crippen molar-refractivity contribution in [2.45, 2.75) is 24.4 Å². The summed E-state index contributed by atoms with van der Waals surface area (Å²) >= 11 is 7.07. The molecule has 2 heterocycles. The molecule has 1 nitrogen and oxygen atoms in total. The van der Waals surface area contributed by atoms with Crippen LogP contribution in [0.15, 0.2) is 55.4 Å². The van der Waals surface area contributed by atoms with Crippen LogP contribution in [0, 0.1) is 0 Å². The van der Waals surface area contributed by atoms with E-state index in [0.717, 1.165) is 12.0 Å². The van der Waals surface area contributed by atoms with Crippen LogP contribution in [0.5, 0.6) is 0 Å². The second-order valence-electron chi connectivity index (χ2n) is 5.89. The van der Waals surface area contributed by atoms with Crippen LogP contribution in [0.1, 0.15) is 17.5 Å². The standard InChI is InChI=1S/C17H18ClNSi/c1-4-10-17(18)13-7-5-6-8-15(13)20(2,3)16-9-11-19-12-14(16)17/h4-9,11-12H,1,10H2,2-3H3. The zero-order valence-corrected chi connectivity index (χ0v) is 13.6. The Hall–Kier alpha value is -1.38. The molecule has 0 fully saturated rings. The first-order valence-corrected chi connectivity index (χ1v) is 10.2. The van der Waals surface area contributed by atoms with Crippen molar-refractivity contribution in [1.82, 2.24) is 4.98 Å². The van der Waals surface area contributed by atoms with E-state index in [0.29, 0.717) is 0 Å². The van der Waals surface area contributed by atoms with Gasteiger partial charge in [-0.15, -0.1) is 18.2 Å². The largest absolute Gasteiger partial charge is 0.264 e. The van der Waals surface area contributed by atoms with Gasteiger partial charge in [-0.2, -0.15) is 0 Å². The zero-order valence-electron chi connectivity index (χ0n) is 11.9. The second kappa shape index (κ2) is 4.57. The molecule has 20 heavy (non-hydrogen) atoms. The van der Waals surface area contributed by atoms with Gasteiger partial charge < -0.3 is 0 Å². The predicted octanol–water partition coefficient (Wildman–Crippen LogP) is 3.28. The second-order valence-corrected chi connectivity index (χ2v) is 10.9. The summed E-state index contributed by atoms with van der Waals surface area (Å²) in [5.74, 6) is 0. The minimum atomic E-state index is -1.71. The molecule has 3 rings (SSSR count). The van der Waals surface area contributed by atoms with Crippen LogP contribution in [0.3, 0.4) is 0 Å². The Bertz CT molecular complexity index is 629. The van der Waals surface area contributed by atoms with Crippen molar-refractivity contribution < 1.29 is 0 Å². The van der Waals surface area contributed by atoms with Crippen molar-refractivity contribution in [3.8, 4) is 0 Å². The van der Waals surface area contributed by atoms with E-state index in [1.165, 1.54) is 15.9 Å². The lowest BCUT2D eigenvalue weighted by molar-refractivity contribution is 0.741. The van der Waals surface area contributed by atoms with Gasteiger partial charge in [0.05, 0.1) is 4.87 Å². The number of alkyl halides is 1. The van der Waals surface area contributed by atoms with Crippen molar-refractivity contribution in [1.29, 1.82) is 0 Å². The van der Waals surface area contributed by atoms with E-state index < -0.39 is 12.9 Å². The predicted molar refractivity (Wildman–Crippen MR) is 88.9 cm³/mol. The molecule has 0 spiro atoms. The molecule has 1 atom stereocenters. The minimum Gasteiger partial charge on any atom is -0.264 e. The summed E-state index contributed by atoms with van der Waals surface area (Å²) in [5, 5.41) is 2.82. The Morgan fingerprint density at radius 2 is 1.90 bits per heavy atom. The average molecular weight is 300 g/mol. The van der Waals surface area contributed by atoms with Crippen LogP contribution in [-0.2, 0) is 4.87 Å². The van der Waals surface area contributed by atoms with E-state index in [2.05, 4.69) is 55.0 Å². The molecule has 1 aromatic carbocycles. The number of nitrogens with zero attached hydrogens (tertiary/aromatic N) is 1. The van der Waals surface area contributed by atoms with Crippen LogP contribution < -0.4 is 10.4 Å². The highest BCUT2D eigenvalue weighted by atomic mass is 35.5. The zero-order chi connectivity index (χ0) is 14.4. The van der Waals surface area contributed by atoms with E-state index in [-0.39, 0.29) is 0 Å². The van der Waals surface area contributed by atoms with Gasteiger partial charge in [0, 0.05) is 12.4 Å². The van der Waals surface area contributed by atoms with Crippen molar-refractivity contribution in [2.24, 2.45) is 0 Å². The third-order valence-corrected chi connectivity index (χ3v) is 8.50. The fourth-order valence-electron chi connectivity index (χ4n) is 3.34. The quantitative estimate of drug-likeness (QED) is 0.471. The highest BCUT2D eigenvalue weighted by molar-refractivity contribution is 7.01. The maximum absolute atomic E-state index is 7.07. The topological polar surface area (TPSA) is 12.9 Å². The molecule has 0 N–H and O–H groups in total. The number of allylic oxidation sites excluding steroid dienone is 1. The Morgan fingerprint density at radius 3 is 2.65 bits per heavy atom. The minimum absolute atomic E-state index is 0.523. The van der Waals surface area contributed by atoms with Gasteiger partial charge in [0.15, 0.2) is 0 Å².